The fourth-order valence-electron chi connectivity index (χ4n) is 3.86. The number of benzene rings is 2. The average Bonchev–Trinajstić information content (AvgIpc) is 2.67. The molecule has 160 valence electrons. The van der Waals surface area contributed by atoms with Gasteiger partial charge in [-0.15, -0.1) is 0 Å². The fraction of sp³-hybridized carbons (Fsp3) is 0.381. The Morgan fingerprint density at radius 2 is 1.70 bits per heavy atom. The highest BCUT2D eigenvalue weighted by molar-refractivity contribution is 7.92. The zero-order valence-electron chi connectivity index (χ0n) is 17.2. The fourth-order valence-corrected chi connectivity index (χ4v) is 4.94. The number of nitrogens with one attached hydrogen (secondary N) is 1. The van der Waals surface area contributed by atoms with E-state index in [2.05, 4.69) is 18.6 Å². The monoisotopic (exact) mass is 431 g/mol. The van der Waals surface area contributed by atoms with E-state index in [1.54, 1.807) is 19.1 Å². The highest BCUT2D eigenvalue weighted by Gasteiger charge is 2.26. The van der Waals surface area contributed by atoms with Gasteiger partial charge < -0.3 is 4.90 Å². The van der Waals surface area contributed by atoms with Crippen LogP contribution in [0, 0.1) is 28.9 Å². The number of nitro groups is 1. The first-order chi connectivity index (χ1) is 14.1. The van der Waals surface area contributed by atoms with Crippen LogP contribution < -0.4 is 4.72 Å². The number of nitro benzene ring substituents is 1. The van der Waals surface area contributed by atoms with Crippen LogP contribution in [0.4, 0.5) is 11.4 Å². The van der Waals surface area contributed by atoms with E-state index in [9.17, 15) is 23.3 Å². The molecule has 0 spiro atoms. The molecule has 1 fully saturated rings. The van der Waals surface area contributed by atoms with Crippen molar-refractivity contribution in [2.24, 2.45) is 11.8 Å². The summed E-state index contributed by atoms with van der Waals surface area (Å²) < 4.78 is 27.6. The van der Waals surface area contributed by atoms with Gasteiger partial charge in [-0.2, -0.15) is 0 Å². The van der Waals surface area contributed by atoms with Gasteiger partial charge in [0.05, 0.1) is 9.82 Å². The Balaban J connectivity index is 1.76. The molecule has 9 heteroatoms. The van der Waals surface area contributed by atoms with Crippen LogP contribution in [0.1, 0.15) is 36.2 Å². The molecule has 1 amide bonds. The average molecular weight is 432 g/mol. The predicted octanol–water partition coefficient (Wildman–Crippen LogP) is 3.82. The van der Waals surface area contributed by atoms with Crippen molar-refractivity contribution in [1.29, 1.82) is 0 Å². The minimum Gasteiger partial charge on any atom is -0.338 e. The molecular weight excluding hydrogens is 406 g/mol. The van der Waals surface area contributed by atoms with Crippen molar-refractivity contribution in [3.63, 3.8) is 0 Å². The second-order valence-corrected chi connectivity index (χ2v) is 9.73. The molecule has 1 N–H and O–H groups in total. The first-order valence-electron chi connectivity index (χ1n) is 9.74. The maximum Gasteiger partial charge on any atom is 0.273 e. The molecule has 0 bridgehead atoms. The third-order valence-corrected chi connectivity index (χ3v) is 6.61. The van der Waals surface area contributed by atoms with Crippen molar-refractivity contribution in [3.05, 3.63) is 63.7 Å². The van der Waals surface area contributed by atoms with E-state index in [0.717, 1.165) is 12.5 Å². The molecule has 2 aromatic carbocycles. The zero-order valence-corrected chi connectivity index (χ0v) is 18.0. The number of anilines is 1. The maximum absolute atomic E-state index is 12.8. The van der Waals surface area contributed by atoms with Gasteiger partial charge in [0.2, 0.25) is 0 Å². The summed E-state index contributed by atoms with van der Waals surface area (Å²) in [6, 6.07) is 9.96. The van der Waals surface area contributed by atoms with Crippen LogP contribution in [0.5, 0.6) is 0 Å². The van der Waals surface area contributed by atoms with E-state index >= 15 is 0 Å². The van der Waals surface area contributed by atoms with Crippen molar-refractivity contribution in [1.82, 2.24) is 4.90 Å². The molecule has 2 unspecified atom stereocenters. The molecular formula is C21H25N3O5S. The highest BCUT2D eigenvalue weighted by Crippen LogP contribution is 2.25. The molecule has 2 aromatic rings. The number of aryl methyl sites for hydroxylation is 1. The first-order valence-corrected chi connectivity index (χ1v) is 11.2. The van der Waals surface area contributed by atoms with Gasteiger partial charge in [-0.25, -0.2) is 8.42 Å². The molecule has 0 saturated carbocycles. The Morgan fingerprint density at radius 1 is 1.10 bits per heavy atom. The summed E-state index contributed by atoms with van der Waals surface area (Å²) in [5.74, 6) is 0.821. The van der Waals surface area contributed by atoms with E-state index in [0.29, 0.717) is 36.1 Å². The number of hydrogen-bond acceptors (Lipinski definition) is 5. The van der Waals surface area contributed by atoms with Gasteiger partial charge in [0.15, 0.2) is 0 Å². The van der Waals surface area contributed by atoms with Crippen LogP contribution in [0.25, 0.3) is 0 Å². The number of rotatable bonds is 5. The highest BCUT2D eigenvalue weighted by atomic mass is 32.2. The Morgan fingerprint density at radius 3 is 2.27 bits per heavy atom. The van der Waals surface area contributed by atoms with Crippen molar-refractivity contribution in [2.75, 3.05) is 17.8 Å². The summed E-state index contributed by atoms with van der Waals surface area (Å²) >= 11 is 0. The predicted molar refractivity (Wildman–Crippen MR) is 114 cm³/mol. The minimum absolute atomic E-state index is 0.0723. The molecule has 0 aliphatic carbocycles. The smallest absolute Gasteiger partial charge is 0.273 e. The normalized spacial score (nSPS) is 19.4. The van der Waals surface area contributed by atoms with Crippen LogP contribution in [-0.4, -0.2) is 37.2 Å². The van der Waals surface area contributed by atoms with E-state index in [4.69, 9.17) is 0 Å². The summed E-state index contributed by atoms with van der Waals surface area (Å²) in [4.78, 5) is 24.9. The minimum atomic E-state index is -4.00. The number of piperidine rings is 1. The lowest BCUT2D eigenvalue weighted by atomic mass is 9.91. The molecule has 2 atom stereocenters. The topological polar surface area (TPSA) is 110 Å². The molecule has 1 aliphatic rings. The number of amides is 1. The third kappa shape index (κ3) is 4.79. The second kappa shape index (κ2) is 8.43. The molecule has 3 rings (SSSR count). The quantitative estimate of drug-likeness (QED) is 0.572. The lowest BCUT2D eigenvalue weighted by molar-refractivity contribution is -0.385. The number of likely N-dealkylation sites (tertiary alicyclic amines) is 1. The number of sulfonamides is 1. The summed E-state index contributed by atoms with van der Waals surface area (Å²) in [6.07, 6.45) is 1.10. The largest absolute Gasteiger partial charge is 0.338 e. The van der Waals surface area contributed by atoms with E-state index in [-0.39, 0.29) is 22.2 Å². The molecule has 30 heavy (non-hydrogen) atoms. The molecule has 1 saturated heterocycles. The van der Waals surface area contributed by atoms with Gasteiger partial charge >= 0.3 is 0 Å². The van der Waals surface area contributed by atoms with Crippen molar-refractivity contribution in [2.45, 2.75) is 32.1 Å². The van der Waals surface area contributed by atoms with Gasteiger partial charge in [0.25, 0.3) is 21.6 Å². The maximum atomic E-state index is 12.8. The first kappa shape index (κ1) is 21.8. The Labute approximate surface area is 176 Å². The molecule has 1 aliphatic heterocycles. The van der Waals surface area contributed by atoms with Crippen LogP contribution in [0.15, 0.2) is 47.4 Å². The summed E-state index contributed by atoms with van der Waals surface area (Å²) in [7, 11) is -4.00. The SMILES string of the molecule is Cc1ccc(S(=O)(=O)Nc2ccc(C(=O)N3CC(C)CC(C)C3)cc2)cc1[N+](=O)[O-]. The van der Waals surface area contributed by atoms with Gasteiger partial charge in [0.1, 0.15) is 0 Å². The van der Waals surface area contributed by atoms with Crippen molar-refractivity contribution >= 4 is 27.3 Å². The number of hydrogen-bond donors (Lipinski definition) is 1. The van der Waals surface area contributed by atoms with Gasteiger partial charge in [-0.1, -0.05) is 19.9 Å². The number of nitrogens with zero attached hydrogens (tertiary/aromatic N) is 2. The van der Waals surface area contributed by atoms with Crippen LogP contribution in [-0.2, 0) is 10.0 Å². The van der Waals surface area contributed by atoms with Gasteiger partial charge in [0, 0.05) is 36.0 Å². The van der Waals surface area contributed by atoms with Crippen molar-refractivity contribution in [3.8, 4) is 0 Å². The summed E-state index contributed by atoms with van der Waals surface area (Å²) in [5.41, 5.74) is 0.882. The van der Waals surface area contributed by atoms with Crippen LogP contribution in [0.3, 0.4) is 0 Å². The lowest BCUT2D eigenvalue weighted by Crippen LogP contribution is -2.42. The van der Waals surface area contributed by atoms with E-state index in [1.165, 1.54) is 24.3 Å². The molecule has 0 radical (unpaired) electrons. The number of carbonyl (C=O) groups is 1. The molecule has 8 nitrogen and oxygen atoms in total. The lowest BCUT2D eigenvalue weighted by Gasteiger charge is -2.35. The third-order valence-electron chi connectivity index (χ3n) is 5.23. The Hall–Kier alpha value is -2.94. The van der Waals surface area contributed by atoms with Gasteiger partial charge in [-0.3, -0.25) is 19.6 Å². The van der Waals surface area contributed by atoms with E-state index < -0.39 is 14.9 Å². The number of carbonyl (C=O) groups excluding carboxylic acids is 1. The molecule has 0 aromatic heterocycles. The standard InChI is InChI=1S/C21H25N3O5S/c1-14-10-15(2)13-23(12-14)21(25)17-5-7-18(8-6-17)22-30(28,29)19-9-4-16(3)20(11-19)24(26)27/h4-9,11,14-15,22H,10,12-13H2,1-3H3. The second-order valence-electron chi connectivity index (χ2n) is 8.04. The Kier molecular flexibility index (Phi) is 6.12. The Bertz CT molecular complexity index is 1060. The van der Waals surface area contributed by atoms with E-state index in [1.807, 2.05) is 4.90 Å². The van der Waals surface area contributed by atoms with Crippen molar-refractivity contribution < 1.29 is 18.1 Å². The summed E-state index contributed by atoms with van der Waals surface area (Å²) in [6.45, 7) is 7.22. The zero-order chi connectivity index (χ0) is 22.1. The van der Waals surface area contributed by atoms with Crippen LogP contribution >= 0.6 is 0 Å². The van der Waals surface area contributed by atoms with Gasteiger partial charge in [-0.05, 0) is 55.5 Å². The summed E-state index contributed by atoms with van der Waals surface area (Å²) in [5, 5.41) is 11.1. The van der Waals surface area contributed by atoms with Crippen LogP contribution in [0.2, 0.25) is 0 Å². The molecule has 1 heterocycles.